The molecule has 0 radical (unpaired) electrons. The summed E-state index contributed by atoms with van der Waals surface area (Å²) in [5.74, 6) is -0.159. The van der Waals surface area contributed by atoms with E-state index in [1.807, 2.05) is 38.1 Å². The van der Waals surface area contributed by atoms with E-state index in [4.69, 9.17) is 23.2 Å². The first-order valence-corrected chi connectivity index (χ1v) is 12.7. The van der Waals surface area contributed by atoms with Crippen molar-refractivity contribution in [3.8, 4) is 0 Å². The molecule has 0 aromatic heterocycles. The number of hydrogen-bond acceptors (Lipinski definition) is 3. The maximum atomic E-state index is 13.0. The zero-order chi connectivity index (χ0) is 22.6. The molecule has 2 aromatic rings. The molecule has 1 aliphatic rings. The Kier molecular flexibility index (Phi) is 8.03. The molecule has 2 aromatic carbocycles. The average molecular weight is 483 g/mol. The Labute approximate surface area is 194 Å². The molecule has 0 spiro atoms. The molecule has 0 atom stereocenters. The van der Waals surface area contributed by atoms with Crippen molar-refractivity contribution < 1.29 is 13.2 Å². The first-order valence-electron chi connectivity index (χ1n) is 10.5. The van der Waals surface area contributed by atoms with Gasteiger partial charge in [0.15, 0.2) is 0 Å². The number of aryl methyl sites for hydroxylation is 3. The number of carbonyl (C=O) groups excluding carboxylic acids is 1. The highest BCUT2D eigenvalue weighted by molar-refractivity contribution is 7.89. The van der Waals surface area contributed by atoms with Crippen molar-refractivity contribution in [3.63, 3.8) is 0 Å². The second kappa shape index (κ2) is 10.3. The van der Waals surface area contributed by atoms with Gasteiger partial charge in [-0.25, -0.2) is 8.42 Å². The van der Waals surface area contributed by atoms with Gasteiger partial charge in [-0.15, -0.1) is 0 Å². The maximum Gasteiger partial charge on any atom is 0.243 e. The highest BCUT2D eigenvalue weighted by atomic mass is 35.5. The van der Waals surface area contributed by atoms with E-state index in [2.05, 4.69) is 5.32 Å². The van der Waals surface area contributed by atoms with Crippen molar-refractivity contribution in [1.82, 2.24) is 9.62 Å². The van der Waals surface area contributed by atoms with Gasteiger partial charge in [0.1, 0.15) is 0 Å². The first-order chi connectivity index (χ1) is 14.7. The zero-order valence-corrected chi connectivity index (χ0v) is 20.2. The number of nitrogens with one attached hydrogen (secondary N) is 1. The molecule has 0 bridgehead atoms. The van der Waals surface area contributed by atoms with E-state index >= 15 is 0 Å². The third-order valence-electron chi connectivity index (χ3n) is 5.70. The molecule has 168 valence electrons. The van der Waals surface area contributed by atoms with E-state index in [1.54, 1.807) is 12.1 Å². The number of rotatable bonds is 7. The van der Waals surface area contributed by atoms with Crippen molar-refractivity contribution in [3.05, 3.63) is 63.1 Å². The fraction of sp³-hybridized carbons (Fsp3) is 0.435. The fourth-order valence-corrected chi connectivity index (χ4v) is 5.93. The van der Waals surface area contributed by atoms with E-state index < -0.39 is 10.0 Å². The minimum absolute atomic E-state index is 0.00213. The lowest BCUT2D eigenvalue weighted by molar-refractivity contribution is -0.126. The van der Waals surface area contributed by atoms with Gasteiger partial charge < -0.3 is 5.32 Å². The van der Waals surface area contributed by atoms with Gasteiger partial charge in [0.05, 0.1) is 14.9 Å². The van der Waals surface area contributed by atoms with E-state index in [1.165, 1.54) is 4.31 Å². The van der Waals surface area contributed by atoms with Gasteiger partial charge >= 0.3 is 0 Å². The monoisotopic (exact) mass is 482 g/mol. The van der Waals surface area contributed by atoms with Gasteiger partial charge in [0.2, 0.25) is 15.9 Å². The average Bonchev–Trinajstić information content (AvgIpc) is 2.73. The van der Waals surface area contributed by atoms with Crippen LogP contribution in [-0.2, 0) is 21.2 Å². The van der Waals surface area contributed by atoms with Crippen LogP contribution in [0.2, 0.25) is 10.0 Å². The largest absolute Gasteiger partial charge is 0.356 e. The fourth-order valence-electron chi connectivity index (χ4n) is 3.93. The Morgan fingerprint density at radius 3 is 2.42 bits per heavy atom. The number of piperidine rings is 1. The molecule has 0 unspecified atom stereocenters. The van der Waals surface area contributed by atoms with Crippen LogP contribution in [0.4, 0.5) is 0 Å². The van der Waals surface area contributed by atoms with Gasteiger partial charge in [0, 0.05) is 25.6 Å². The van der Waals surface area contributed by atoms with Gasteiger partial charge in [0.25, 0.3) is 0 Å². The minimum Gasteiger partial charge on any atom is -0.356 e. The predicted octanol–water partition coefficient (Wildman–Crippen LogP) is 4.76. The molecule has 0 saturated carbocycles. The van der Waals surface area contributed by atoms with Crippen molar-refractivity contribution >= 4 is 39.1 Å². The number of carbonyl (C=O) groups is 1. The second-order valence-corrected chi connectivity index (χ2v) is 10.8. The van der Waals surface area contributed by atoms with Gasteiger partial charge in [-0.2, -0.15) is 4.31 Å². The quantitative estimate of drug-likeness (QED) is 0.578. The molecule has 1 N–H and O–H groups in total. The first kappa shape index (κ1) is 24.1. The lowest BCUT2D eigenvalue weighted by atomic mass is 9.97. The minimum atomic E-state index is -3.54. The van der Waals surface area contributed by atoms with Crippen LogP contribution in [-0.4, -0.2) is 38.3 Å². The van der Waals surface area contributed by atoms with E-state index in [0.29, 0.717) is 47.4 Å². The van der Waals surface area contributed by atoms with Crippen molar-refractivity contribution in [2.45, 2.75) is 44.4 Å². The lowest BCUT2D eigenvalue weighted by Gasteiger charge is -2.31. The summed E-state index contributed by atoms with van der Waals surface area (Å²) in [4.78, 5) is 12.9. The molecule has 31 heavy (non-hydrogen) atoms. The van der Waals surface area contributed by atoms with Crippen LogP contribution >= 0.6 is 23.2 Å². The third kappa shape index (κ3) is 6.01. The second-order valence-electron chi connectivity index (χ2n) is 8.09. The number of halogens is 2. The molecule has 1 heterocycles. The molecule has 1 fully saturated rings. The molecule has 5 nitrogen and oxygen atoms in total. The molecule has 8 heteroatoms. The molecule has 1 aliphatic heterocycles. The van der Waals surface area contributed by atoms with Gasteiger partial charge in [-0.3, -0.25) is 4.79 Å². The Morgan fingerprint density at radius 2 is 1.77 bits per heavy atom. The Morgan fingerprint density at radius 1 is 1.06 bits per heavy atom. The summed E-state index contributed by atoms with van der Waals surface area (Å²) >= 11 is 12.0. The highest BCUT2D eigenvalue weighted by Gasteiger charge is 2.32. The van der Waals surface area contributed by atoms with Crippen molar-refractivity contribution in [1.29, 1.82) is 0 Å². The van der Waals surface area contributed by atoms with E-state index in [-0.39, 0.29) is 11.8 Å². The number of sulfonamides is 1. The summed E-state index contributed by atoms with van der Waals surface area (Å²) in [6, 6.07) is 10.9. The van der Waals surface area contributed by atoms with Crippen molar-refractivity contribution in [2.24, 2.45) is 5.92 Å². The predicted molar refractivity (Wildman–Crippen MR) is 125 cm³/mol. The Balaban J connectivity index is 1.46. The molecule has 3 rings (SSSR count). The van der Waals surface area contributed by atoms with Gasteiger partial charge in [-0.05, 0) is 68.9 Å². The van der Waals surface area contributed by atoms with Crippen LogP contribution in [0.15, 0.2) is 41.3 Å². The van der Waals surface area contributed by atoms with Gasteiger partial charge in [-0.1, -0.05) is 47.0 Å². The molecule has 1 saturated heterocycles. The standard InChI is InChI=1S/C23H28Cl2N2O3S/c1-16-5-8-22(17(2)14-16)31(29,30)27-12-9-19(10-13-27)23(28)26-11-3-4-18-6-7-20(24)21(25)15-18/h5-8,14-15,19H,3-4,9-13H2,1-2H3,(H,26,28). The number of hydrogen-bond donors (Lipinski definition) is 1. The van der Waals surface area contributed by atoms with Crippen LogP contribution in [0.3, 0.4) is 0 Å². The third-order valence-corrected chi connectivity index (χ3v) is 8.50. The lowest BCUT2D eigenvalue weighted by Crippen LogP contribution is -2.43. The molecule has 1 amide bonds. The topological polar surface area (TPSA) is 66.5 Å². The van der Waals surface area contributed by atoms with Crippen LogP contribution in [0.1, 0.15) is 36.0 Å². The SMILES string of the molecule is Cc1ccc(S(=O)(=O)N2CCC(C(=O)NCCCc3ccc(Cl)c(Cl)c3)CC2)c(C)c1. The van der Waals surface area contributed by atoms with E-state index in [0.717, 1.165) is 29.5 Å². The van der Waals surface area contributed by atoms with E-state index in [9.17, 15) is 13.2 Å². The number of nitrogens with zero attached hydrogens (tertiary/aromatic N) is 1. The Hall–Kier alpha value is -1.60. The summed E-state index contributed by atoms with van der Waals surface area (Å²) < 4.78 is 27.5. The van der Waals surface area contributed by atoms with Crippen LogP contribution in [0.25, 0.3) is 0 Å². The number of amides is 1. The summed E-state index contributed by atoms with van der Waals surface area (Å²) in [7, 11) is -3.54. The highest BCUT2D eigenvalue weighted by Crippen LogP contribution is 2.26. The normalized spacial score (nSPS) is 15.7. The number of benzene rings is 2. The van der Waals surface area contributed by atoms with Crippen LogP contribution in [0.5, 0.6) is 0 Å². The summed E-state index contributed by atoms with van der Waals surface area (Å²) in [5, 5.41) is 4.05. The smallest absolute Gasteiger partial charge is 0.243 e. The van der Waals surface area contributed by atoms with Crippen molar-refractivity contribution in [2.75, 3.05) is 19.6 Å². The molecule has 0 aliphatic carbocycles. The maximum absolute atomic E-state index is 13.0. The van der Waals surface area contributed by atoms with Crippen LogP contribution in [0, 0.1) is 19.8 Å². The summed E-state index contributed by atoms with van der Waals surface area (Å²) in [6.07, 6.45) is 2.65. The molecular formula is C23H28Cl2N2O3S. The summed E-state index contributed by atoms with van der Waals surface area (Å²) in [5.41, 5.74) is 2.86. The molecular weight excluding hydrogens is 455 g/mol. The summed E-state index contributed by atoms with van der Waals surface area (Å²) in [6.45, 7) is 5.05. The Bertz CT molecular complexity index is 1050. The zero-order valence-electron chi connectivity index (χ0n) is 17.8. The van der Waals surface area contributed by atoms with Crippen LogP contribution < -0.4 is 5.32 Å².